The van der Waals surface area contributed by atoms with E-state index >= 15 is 0 Å². The number of carbonyl (C=O) groups is 3. The number of benzene rings is 5. The molecule has 2 N–H and O–H groups in total. The third kappa shape index (κ3) is 12.1. The van der Waals surface area contributed by atoms with Gasteiger partial charge in [0.05, 0.1) is 36.2 Å². The molecule has 0 radical (unpaired) electrons. The fourth-order valence-electron chi connectivity index (χ4n) is 6.16. The molecule has 14 heteroatoms. The van der Waals surface area contributed by atoms with Crippen LogP contribution in [0.25, 0.3) is 32.8 Å². The molecule has 7 rings (SSSR count). The van der Waals surface area contributed by atoms with Crippen molar-refractivity contribution in [1.82, 2.24) is 4.98 Å². The lowest BCUT2D eigenvalue weighted by molar-refractivity contribution is -0.117. The van der Waals surface area contributed by atoms with Gasteiger partial charge >= 0.3 is 5.97 Å². The number of ketones is 2. The predicted molar refractivity (Wildman–Crippen MR) is 240 cm³/mol. The summed E-state index contributed by atoms with van der Waals surface area (Å²) in [4.78, 5) is 52.4. The number of fused-ring (bicyclic) bond motifs is 3. The van der Waals surface area contributed by atoms with Crippen LogP contribution in [-0.4, -0.2) is 65.1 Å². The highest BCUT2D eigenvalue weighted by Gasteiger charge is 2.36. The third-order valence-electron chi connectivity index (χ3n) is 8.65. The highest BCUT2D eigenvalue weighted by atomic mass is 32.2. The van der Waals surface area contributed by atoms with Gasteiger partial charge in [-0.05, 0) is 54.8 Å². The zero-order valence-corrected chi connectivity index (χ0v) is 36.8. The third-order valence-corrected chi connectivity index (χ3v) is 11.0. The van der Waals surface area contributed by atoms with Crippen molar-refractivity contribution in [3.05, 3.63) is 136 Å². The lowest BCUT2D eigenvalue weighted by Gasteiger charge is -2.25. The first-order chi connectivity index (χ1) is 28.7. The van der Waals surface area contributed by atoms with Crippen molar-refractivity contribution in [2.75, 3.05) is 31.0 Å². The number of rotatable bonds is 10. The van der Waals surface area contributed by atoms with Crippen LogP contribution in [0.4, 0.5) is 11.4 Å². The van der Waals surface area contributed by atoms with Gasteiger partial charge in [-0.25, -0.2) is 13.2 Å². The van der Waals surface area contributed by atoms with Crippen molar-refractivity contribution >= 4 is 70.5 Å². The quantitative estimate of drug-likeness (QED) is 0.0988. The van der Waals surface area contributed by atoms with E-state index in [1.807, 2.05) is 33.8 Å². The molecule has 0 aliphatic heterocycles. The second-order valence-corrected chi connectivity index (χ2v) is 16.7. The molecule has 0 saturated heterocycles. The van der Waals surface area contributed by atoms with E-state index in [-0.39, 0.29) is 61.9 Å². The molecule has 0 bridgehead atoms. The molecule has 0 unspecified atom stereocenters. The first kappa shape index (κ1) is 48.4. The standard InChI is InChI=1S/C26H20N2O7S.C10H8.C6H12O3S.2C2H6/c1-3-35-26(31)22-19-15-11-7-8-12-16(15)24(29)20-17(27-14-9-5-4-6-10-14)13-18(36(32,33)34-2)23(21(19)20)28-25(22)30;1-2-6-10-8-4-3-7-9(10)5-1;1-6(7)4-3-5-10(2,8)9;2*1-2/h4-13,27H,3H2,1-2H3,(H,28,30);1-8H;3-5H2,1-2H3;2*1-2H3. The zero-order valence-electron chi connectivity index (χ0n) is 35.1. The van der Waals surface area contributed by atoms with Crippen molar-refractivity contribution in [2.24, 2.45) is 0 Å². The second-order valence-electron chi connectivity index (χ2n) is 12.7. The largest absolute Gasteiger partial charge is 0.462 e. The van der Waals surface area contributed by atoms with Crippen molar-refractivity contribution in [3.63, 3.8) is 0 Å². The van der Waals surface area contributed by atoms with Gasteiger partial charge in [-0.3, -0.25) is 13.8 Å². The molecule has 0 saturated carbocycles. The van der Waals surface area contributed by atoms with Gasteiger partial charge < -0.3 is 19.8 Å². The van der Waals surface area contributed by atoms with Crippen LogP contribution in [0.15, 0.2) is 119 Å². The Balaban J connectivity index is 0.000000326. The number of hydrogen-bond donors (Lipinski definition) is 2. The number of sulfone groups is 1. The highest BCUT2D eigenvalue weighted by molar-refractivity contribution is 7.90. The first-order valence-corrected chi connectivity index (χ1v) is 23.0. The van der Waals surface area contributed by atoms with E-state index in [9.17, 15) is 36.0 Å². The lowest BCUT2D eigenvalue weighted by Crippen LogP contribution is -2.26. The minimum atomic E-state index is -4.35. The van der Waals surface area contributed by atoms with Crippen LogP contribution in [0.1, 0.15) is 80.7 Å². The molecule has 1 heterocycles. The van der Waals surface area contributed by atoms with Crippen LogP contribution in [0.5, 0.6) is 0 Å². The Morgan fingerprint density at radius 2 is 1.25 bits per heavy atom. The average molecular weight is 857 g/mol. The van der Waals surface area contributed by atoms with E-state index in [1.165, 1.54) is 30.0 Å². The van der Waals surface area contributed by atoms with E-state index < -0.39 is 37.3 Å². The summed E-state index contributed by atoms with van der Waals surface area (Å²) in [5, 5.41) is 5.84. The zero-order chi connectivity index (χ0) is 44.6. The molecule has 60 heavy (non-hydrogen) atoms. The second kappa shape index (κ2) is 22.4. The smallest absolute Gasteiger partial charge is 0.344 e. The normalized spacial score (nSPS) is 11.2. The summed E-state index contributed by atoms with van der Waals surface area (Å²) in [5.74, 6) is -1.12. The molecule has 12 nitrogen and oxygen atoms in total. The molecular formula is C46H52N2O10S2. The summed E-state index contributed by atoms with van der Waals surface area (Å²) < 4.78 is 56.8. The molecule has 0 fully saturated rings. The number of esters is 1. The van der Waals surface area contributed by atoms with Crippen LogP contribution in [0.2, 0.25) is 0 Å². The Kier molecular flexibility index (Phi) is 18.1. The van der Waals surface area contributed by atoms with Gasteiger partial charge in [-0.15, -0.1) is 0 Å². The fourth-order valence-corrected chi connectivity index (χ4v) is 7.68. The molecular weight excluding hydrogens is 805 g/mol. The van der Waals surface area contributed by atoms with Gasteiger partial charge in [0.1, 0.15) is 26.1 Å². The van der Waals surface area contributed by atoms with E-state index in [0.717, 1.165) is 7.11 Å². The monoisotopic (exact) mass is 856 g/mol. The van der Waals surface area contributed by atoms with Crippen molar-refractivity contribution in [2.45, 2.75) is 59.3 Å². The van der Waals surface area contributed by atoms with E-state index in [4.69, 9.17) is 8.92 Å². The summed E-state index contributed by atoms with van der Waals surface area (Å²) >= 11 is 0. The molecule has 5 aromatic carbocycles. The minimum Gasteiger partial charge on any atom is -0.462 e. The molecule has 0 amide bonds. The van der Waals surface area contributed by atoms with E-state index in [1.54, 1.807) is 55.5 Å². The Labute approximate surface area is 352 Å². The van der Waals surface area contributed by atoms with Gasteiger partial charge in [0, 0.05) is 34.9 Å². The summed E-state index contributed by atoms with van der Waals surface area (Å²) in [7, 11) is -6.22. The number of Topliss-reactive ketones (excluding diaryl/α,β-unsaturated/α-hetero) is 1. The lowest BCUT2D eigenvalue weighted by atomic mass is 9.81. The van der Waals surface area contributed by atoms with E-state index in [0.29, 0.717) is 24.1 Å². The minimum absolute atomic E-state index is 0.0160. The van der Waals surface area contributed by atoms with Gasteiger partial charge in [-0.1, -0.05) is 119 Å². The summed E-state index contributed by atoms with van der Waals surface area (Å²) in [6.45, 7) is 11.1. The Morgan fingerprint density at radius 1 is 0.733 bits per heavy atom. The topological polar surface area (TPSA) is 183 Å². The molecule has 6 aromatic rings. The van der Waals surface area contributed by atoms with Crippen LogP contribution in [0.3, 0.4) is 0 Å². The first-order valence-electron chi connectivity index (χ1n) is 19.5. The van der Waals surface area contributed by atoms with Gasteiger partial charge in [-0.2, -0.15) is 8.42 Å². The van der Waals surface area contributed by atoms with Crippen molar-refractivity contribution in [3.8, 4) is 11.1 Å². The van der Waals surface area contributed by atoms with Crippen LogP contribution in [0, 0.1) is 0 Å². The number of pyridine rings is 1. The van der Waals surface area contributed by atoms with Crippen LogP contribution in [-0.2, 0) is 33.7 Å². The predicted octanol–water partition coefficient (Wildman–Crippen LogP) is 9.29. The molecule has 318 valence electrons. The van der Waals surface area contributed by atoms with Gasteiger partial charge in [0.15, 0.2) is 5.78 Å². The number of nitrogens with one attached hydrogen (secondary N) is 2. The maximum absolute atomic E-state index is 13.8. The summed E-state index contributed by atoms with van der Waals surface area (Å²) in [6.07, 6.45) is 1.99. The van der Waals surface area contributed by atoms with Crippen molar-refractivity contribution in [1.29, 1.82) is 0 Å². The fraction of sp³-hybridized carbons (Fsp3) is 0.261. The molecule has 1 aliphatic carbocycles. The Hall–Kier alpha value is -5.96. The number of anilines is 2. The number of para-hydroxylation sites is 1. The summed E-state index contributed by atoms with van der Waals surface area (Å²) in [5.41, 5.74) is 0.296. The number of H-pyrrole nitrogens is 1. The summed E-state index contributed by atoms with van der Waals surface area (Å²) in [6, 6.07) is 33.4. The Bertz CT molecular complexity index is 2660. The number of ether oxygens (including phenoxy) is 1. The average Bonchev–Trinajstić information content (AvgIpc) is 3.24. The number of aromatic nitrogens is 1. The number of hydrogen-bond acceptors (Lipinski definition) is 11. The molecule has 0 spiro atoms. The Morgan fingerprint density at radius 3 is 1.75 bits per heavy atom. The molecule has 0 atom stereocenters. The molecule has 1 aromatic heterocycles. The van der Waals surface area contributed by atoms with Crippen LogP contribution >= 0.6 is 0 Å². The number of carbonyl (C=O) groups excluding carboxylic acids is 3. The maximum Gasteiger partial charge on any atom is 0.344 e. The highest BCUT2D eigenvalue weighted by Crippen LogP contribution is 2.45. The van der Waals surface area contributed by atoms with E-state index in [2.05, 4.69) is 58.8 Å². The number of aromatic amines is 1. The van der Waals surface area contributed by atoms with Gasteiger partial charge in [0.2, 0.25) is 0 Å². The SMILES string of the molecule is CC.CC.CC(=O)CCCS(C)(=O)=O.CCOC(=O)c1c2c3c(c(Nc4ccccc4)cc(S(=O)(=O)OC)c3[nH]c1=O)C(=O)c1ccccc1-2.c1ccc2ccccc2c1. The molecule has 1 aliphatic rings. The van der Waals surface area contributed by atoms with Gasteiger partial charge in [0.25, 0.3) is 15.7 Å². The van der Waals surface area contributed by atoms with Crippen LogP contribution < -0.4 is 10.9 Å². The maximum atomic E-state index is 13.8. The van der Waals surface area contributed by atoms with Crippen molar-refractivity contribution < 1.29 is 40.1 Å².